The molecule has 0 spiro atoms. The minimum Gasteiger partial charge on any atom is -0.438 e. The van der Waals surface area contributed by atoms with Crippen LogP contribution in [0.15, 0.2) is 60.1 Å². The molecule has 2 nitrogen and oxygen atoms in total. The second-order valence-electron chi connectivity index (χ2n) is 4.33. The first-order valence-electron chi connectivity index (χ1n) is 5.86. The molecule has 0 fully saturated rings. The normalized spacial score (nSPS) is 15.6. The third-order valence-corrected chi connectivity index (χ3v) is 2.91. The Morgan fingerprint density at radius 2 is 1.78 bits per heavy atom. The third kappa shape index (κ3) is 1.82. The van der Waals surface area contributed by atoms with Crippen molar-refractivity contribution in [3.05, 3.63) is 71.8 Å². The summed E-state index contributed by atoms with van der Waals surface area (Å²) in [5, 5.41) is 0. The molecule has 2 aromatic rings. The van der Waals surface area contributed by atoms with E-state index in [2.05, 4.69) is 30.6 Å². The van der Waals surface area contributed by atoms with E-state index in [9.17, 15) is 0 Å². The fraction of sp³-hybridized carbons (Fsp3) is 0.0625. The molecule has 2 heteroatoms. The van der Waals surface area contributed by atoms with Crippen LogP contribution in [0.1, 0.15) is 16.7 Å². The van der Waals surface area contributed by atoms with Gasteiger partial charge in [-0.25, -0.2) is 4.99 Å². The Bertz CT molecular complexity index is 641. The molecule has 0 amide bonds. The van der Waals surface area contributed by atoms with Crippen molar-refractivity contribution in [1.82, 2.24) is 0 Å². The zero-order chi connectivity index (χ0) is 12.5. The van der Waals surface area contributed by atoms with Gasteiger partial charge in [0, 0.05) is 11.1 Å². The van der Waals surface area contributed by atoms with Crippen molar-refractivity contribution < 1.29 is 4.74 Å². The van der Waals surface area contributed by atoms with Gasteiger partial charge >= 0.3 is 0 Å². The monoisotopic (exact) mass is 235 g/mol. The van der Waals surface area contributed by atoms with Gasteiger partial charge < -0.3 is 4.74 Å². The summed E-state index contributed by atoms with van der Waals surface area (Å²) in [6.45, 7) is 5.97. The van der Waals surface area contributed by atoms with Gasteiger partial charge in [-0.2, -0.15) is 0 Å². The molecule has 0 atom stereocenters. The standard InChI is InChI=1S/C16H13NO/c1-11-8-9-14-12(2)18-16(15(14)10-11)17-13-6-4-3-5-7-13/h3-10H,2H2,1H3/b17-16-. The number of ether oxygens (including phenoxy) is 1. The molecule has 0 saturated carbocycles. The molecule has 3 rings (SSSR count). The van der Waals surface area contributed by atoms with Crippen LogP contribution in [-0.2, 0) is 4.74 Å². The van der Waals surface area contributed by atoms with Crippen LogP contribution in [0.2, 0.25) is 0 Å². The maximum Gasteiger partial charge on any atom is 0.227 e. The number of aryl methyl sites for hydroxylation is 1. The molecule has 0 aromatic heterocycles. The van der Waals surface area contributed by atoms with Gasteiger partial charge in [0.1, 0.15) is 5.76 Å². The van der Waals surface area contributed by atoms with Crippen LogP contribution < -0.4 is 0 Å². The fourth-order valence-corrected chi connectivity index (χ4v) is 2.01. The Kier molecular flexibility index (Phi) is 2.49. The van der Waals surface area contributed by atoms with E-state index in [1.807, 2.05) is 36.4 Å². The Morgan fingerprint density at radius 1 is 1.00 bits per heavy atom. The Balaban J connectivity index is 2.10. The lowest BCUT2D eigenvalue weighted by Crippen LogP contribution is -1.96. The van der Waals surface area contributed by atoms with Gasteiger partial charge in [-0.3, -0.25) is 0 Å². The summed E-state index contributed by atoms with van der Waals surface area (Å²) in [6, 6.07) is 15.9. The summed E-state index contributed by atoms with van der Waals surface area (Å²) in [5.74, 6) is 1.30. The van der Waals surface area contributed by atoms with E-state index in [-0.39, 0.29) is 0 Å². The van der Waals surface area contributed by atoms with Gasteiger partial charge in [-0.15, -0.1) is 0 Å². The van der Waals surface area contributed by atoms with Crippen molar-refractivity contribution in [2.24, 2.45) is 4.99 Å². The Labute approximate surface area is 106 Å². The Morgan fingerprint density at radius 3 is 2.56 bits per heavy atom. The van der Waals surface area contributed by atoms with E-state index in [1.54, 1.807) is 0 Å². The molecule has 0 saturated heterocycles. The number of benzene rings is 2. The van der Waals surface area contributed by atoms with Gasteiger partial charge in [0.15, 0.2) is 0 Å². The van der Waals surface area contributed by atoms with Crippen LogP contribution in [0.4, 0.5) is 5.69 Å². The average molecular weight is 235 g/mol. The van der Waals surface area contributed by atoms with Gasteiger partial charge in [0.25, 0.3) is 0 Å². The number of aliphatic imine (C=N–C) groups is 1. The van der Waals surface area contributed by atoms with Gasteiger partial charge in [-0.1, -0.05) is 42.5 Å². The van der Waals surface area contributed by atoms with Crippen LogP contribution >= 0.6 is 0 Å². The molecular weight excluding hydrogens is 222 g/mol. The summed E-state index contributed by atoms with van der Waals surface area (Å²) in [4.78, 5) is 4.52. The number of hydrogen-bond acceptors (Lipinski definition) is 2. The molecule has 1 heterocycles. The van der Waals surface area contributed by atoms with Crippen molar-refractivity contribution in [1.29, 1.82) is 0 Å². The van der Waals surface area contributed by atoms with Crippen LogP contribution in [0.5, 0.6) is 0 Å². The second-order valence-corrected chi connectivity index (χ2v) is 4.33. The molecule has 0 radical (unpaired) electrons. The number of fused-ring (bicyclic) bond motifs is 1. The maximum absolute atomic E-state index is 5.65. The summed E-state index contributed by atoms with van der Waals surface area (Å²) in [5.41, 5.74) is 4.11. The highest BCUT2D eigenvalue weighted by molar-refractivity contribution is 6.07. The van der Waals surface area contributed by atoms with Crippen molar-refractivity contribution in [2.45, 2.75) is 6.92 Å². The summed E-state index contributed by atoms with van der Waals surface area (Å²) < 4.78 is 5.65. The number of rotatable bonds is 1. The lowest BCUT2D eigenvalue weighted by atomic mass is 10.1. The lowest BCUT2D eigenvalue weighted by Gasteiger charge is -1.99. The topological polar surface area (TPSA) is 21.6 Å². The first-order chi connectivity index (χ1) is 8.74. The highest BCUT2D eigenvalue weighted by Gasteiger charge is 2.23. The lowest BCUT2D eigenvalue weighted by molar-refractivity contribution is 0.527. The molecule has 0 N–H and O–H groups in total. The molecular formula is C16H13NO. The highest BCUT2D eigenvalue weighted by atomic mass is 16.5. The predicted molar refractivity (Wildman–Crippen MR) is 73.9 cm³/mol. The quantitative estimate of drug-likeness (QED) is 0.730. The minimum absolute atomic E-state index is 0.630. The smallest absolute Gasteiger partial charge is 0.227 e. The van der Waals surface area contributed by atoms with E-state index >= 15 is 0 Å². The SMILES string of the molecule is C=C1O/C(=N\c2ccccc2)c2cc(C)ccc21. The van der Waals surface area contributed by atoms with Crippen molar-refractivity contribution in [3.63, 3.8) is 0 Å². The molecule has 2 aromatic carbocycles. The number of hydrogen-bond donors (Lipinski definition) is 0. The van der Waals surface area contributed by atoms with Crippen LogP contribution in [0.3, 0.4) is 0 Å². The number of para-hydroxylation sites is 1. The molecule has 18 heavy (non-hydrogen) atoms. The predicted octanol–water partition coefficient (Wildman–Crippen LogP) is 4.07. The van der Waals surface area contributed by atoms with Gasteiger partial charge in [0.2, 0.25) is 5.90 Å². The zero-order valence-electron chi connectivity index (χ0n) is 10.2. The summed E-state index contributed by atoms with van der Waals surface area (Å²) in [6.07, 6.45) is 0. The minimum atomic E-state index is 0.630. The van der Waals surface area contributed by atoms with Crippen molar-refractivity contribution >= 4 is 17.3 Å². The van der Waals surface area contributed by atoms with Crippen LogP contribution in [0, 0.1) is 6.92 Å². The van der Waals surface area contributed by atoms with E-state index < -0.39 is 0 Å². The third-order valence-electron chi connectivity index (χ3n) is 2.91. The van der Waals surface area contributed by atoms with E-state index in [4.69, 9.17) is 4.74 Å². The second kappa shape index (κ2) is 4.15. The number of nitrogens with zero attached hydrogens (tertiary/aromatic N) is 1. The largest absolute Gasteiger partial charge is 0.438 e. The maximum atomic E-state index is 5.65. The van der Waals surface area contributed by atoms with Gasteiger partial charge in [0.05, 0.1) is 5.69 Å². The summed E-state index contributed by atoms with van der Waals surface area (Å²) >= 11 is 0. The molecule has 0 bridgehead atoms. The Hall–Kier alpha value is -2.35. The van der Waals surface area contributed by atoms with E-state index in [0.29, 0.717) is 11.7 Å². The fourth-order valence-electron chi connectivity index (χ4n) is 2.01. The van der Waals surface area contributed by atoms with Crippen molar-refractivity contribution in [3.8, 4) is 0 Å². The molecule has 0 unspecified atom stereocenters. The van der Waals surface area contributed by atoms with E-state index in [0.717, 1.165) is 16.8 Å². The van der Waals surface area contributed by atoms with E-state index in [1.165, 1.54) is 5.56 Å². The van der Waals surface area contributed by atoms with Gasteiger partial charge in [-0.05, 0) is 25.1 Å². The first kappa shape index (κ1) is 10.8. The highest BCUT2D eigenvalue weighted by Crippen LogP contribution is 2.30. The summed E-state index contributed by atoms with van der Waals surface area (Å²) in [7, 11) is 0. The van der Waals surface area contributed by atoms with Crippen LogP contribution in [0.25, 0.3) is 5.76 Å². The van der Waals surface area contributed by atoms with Crippen molar-refractivity contribution in [2.75, 3.05) is 0 Å². The zero-order valence-corrected chi connectivity index (χ0v) is 10.2. The molecule has 1 aliphatic heterocycles. The molecule has 88 valence electrons. The van der Waals surface area contributed by atoms with Crippen LogP contribution in [-0.4, -0.2) is 5.90 Å². The first-order valence-corrected chi connectivity index (χ1v) is 5.86. The average Bonchev–Trinajstić information content (AvgIpc) is 2.67. The molecule has 0 aliphatic carbocycles. The molecule has 1 aliphatic rings.